The van der Waals surface area contributed by atoms with E-state index in [0.29, 0.717) is 18.4 Å². The SMILES string of the molecule is O=C(CCCCl)Oc1cc(F)cc(F)c1. The molecule has 0 amide bonds. The zero-order chi connectivity index (χ0) is 11.3. The van der Waals surface area contributed by atoms with Gasteiger partial charge in [0, 0.05) is 30.5 Å². The molecular formula is C10H9ClF2O2. The van der Waals surface area contributed by atoms with Gasteiger partial charge in [-0.25, -0.2) is 8.78 Å². The van der Waals surface area contributed by atoms with Crippen LogP contribution in [0.1, 0.15) is 12.8 Å². The van der Waals surface area contributed by atoms with E-state index in [2.05, 4.69) is 0 Å². The molecule has 0 aromatic heterocycles. The van der Waals surface area contributed by atoms with E-state index in [4.69, 9.17) is 16.3 Å². The van der Waals surface area contributed by atoms with Gasteiger partial charge in [0.1, 0.15) is 17.4 Å². The molecule has 0 aliphatic rings. The number of hydrogen-bond donors (Lipinski definition) is 0. The van der Waals surface area contributed by atoms with Crippen molar-refractivity contribution in [1.29, 1.82) is 0 Å². The van der Waals surface area contributed by atoms with E-state index in [1.165, 1.54) is 0 Å². The number of hydrogen-bond acceptors (Lipinski definition) is 2. The molecule has 1 aromatic rings. The van der Waals surface area contributed by atoms with Crippen LogP contribution in [0.15, 0.2) is 18.2 Å². The summed E-state index contributed by atoms with van der Waals surface area (Å²) in [5.74, 6) is -1.91. The maximum atomic E-state index is 12.7. The molecule has 0 atom stereocenters. The molecule has 0 radical (unpaired) electrons. The minimum atomic E-state index is -0.782. The molecule has 0 N–H and O–H groups in total. The standard InChI is InChI=1S/C10H9ClF2O2/c11-3-1-2-10(14)15-9-5-7(12)4-8(13)6-9/h4-6H,1-3H2. The third kappa shape index (κ3) is 4.25. The molecule has 0 saturated heterocycles. The van der Waals surface area contributed by atoms with Crippen LogP contribution in [-0.4, -0.2) is 11.8 Å². The molecule has 15 heavy (non-hydrogen) atoms. The van der Waals surface area contributed by atoms with Crippen molar-refractivity contribution in [2.45, 2.75) is 12.8 Å². The third-order valence-corrected chi connectivity index (χ3v) is 1.85. The third-order valence-electron chi connectivity index (χ3n) is 1.58. The van der Waals surface area contributed by atoms with Gasteiger partial charge in [-0.05, 0) is 6.42 Å². The molecule has 0 heterocycles. The highest BCUT2D eigenvalue weighted by molar-refractivity contribution is 6.17. The molecular weight excluding hydrogens is 226 g/mol. The molecule has 82 valence electrons. The van der Waals surface area contributed by atoms with Crippen LogP contribution in [0, 0.1) is 11.6 Å². The molecule has 0 fully saturated rings. The van der Waals surface area contributed by atoms with Crippen LogP contribution in [0.3, 0.4) is 0 Å². The van der Waals surface area contributed by atoms with Gasteiger partial charge in [0.15, 0.2) is 0 Å². The fourth-order valence-electron chi connectivity index (χ4n) is 0.981. The monoisotopic (exact) mass is 234 g/mol. The minimum absolute atomic E-state index is 0.127. The number of ether oxygens (including phenoxy) is 1. The van der Waals surface area contributed by atoms with Crippen LogP contribution in [0.25, 0.3) is 0 Å². The summed E-state index contributed by atoms with van der Waals surface area (Å²) >= 11 is 5.37. The van der Waals surface area contributed by atoms with Gasteiger partial charge in [0.25, 0.3) is 0 Å². The fraction of sp³-hybridized carbons (Fsp3) is 0.300. The zero-order valence-corrected chi connectivity index (χ0v) is 8.56. The smallest absolute Gasteiger partial charge is 0.311 e. The molecule has 0 spiro atoms. The number of benzene rings is 1. The van der Waals surface area contributed by atoms with Gasteiger partial charge in [-0.2, -0.15) is 0 Å². The minimum Gasteiger partial charge on any atom is -0.426 e. The lowest BCUT2D eigenvalue weighted by Gasteiger charge is -2.03. The second kappa shape index (κ2) is 5.66. The van der Waals surface area contributed by atoms with E-state index in [1.807, 2.05) is 0 Å². The molecule has 0 aliphatic heterocycles. The Bertz CT molecular complexity index is 335. The van der Waals surface area contributed by atoms with Crippen LogP contribution in [0.2, 0.25) is 0 Å². The van der Waals surface area contributed by atoms with Gasteiger partial charge in [0.05, 0.1) is 0 Å². The van der Waals surface area contributed by atoms with Crippen LogP contribution in [-0.2, 0) is 4.79 Å². The van der Waals surface area contributed by atoms with E-state index in [-0.39, 0.29) is 12.2 Å². The highest BCUT2D eigenvalue weighted by Gasteiger charge is 2.07. The molecule has 2 nitrogen and oxygen atoms in total. The average molecular weight is 235 g/mol. The average Bonchev–Trinajstić information content (AvgIpc) is 2.13. The van der Waals surface area contributed by atoms with Crippen molar-refractivity contribution < 1.29 is 18.3 Å². The van der Waals surface area contributed by atoms with Gasteiger partial charge in [-0.1, -0.05) is 0 Å². The summed E-state index contributed by atoms with van der Waals surface area (Å²) < 4.78 is 30.1. The number of carbonyl (C=O) groups excluding carboxylic acids is 1. The number of alkyl halides is 1. The van der Waals surface area contributed by atoms with Crippen molar-refractivity contribution in [2.24, 2.45) is 0 Å². The zero-order valence-electron chi connectivity index (χ0n) is 7.80. The molecule has 0 aliphatic carbocycles. The van der Waals surface area contributed by atoms with Gasteiger partial charge in [-0.3, -0.25) is 4.79 Å². The fourth-order valence-corrected chi connectivity index (χ4v) is 1.11. The van der Waals surface area contributed by atoms with Gasteiger partial charge >= 0.3 is 5.97 Å². The number of esters is 1. The lowest BCUT2D eigenvalue weighted by Crippen LogP contribution is -2.08. The largest absolute Gasteiger partial charge is 0.426 e. The summed E-state index contributed by atoms with van der Waals surface area (Å²) in [5.41, 5.74) is 0. The van der Waals surface area contributed by atoms with Crippen molar-refractivity contribution in [2.75, 3.05) is 5.88 Å². The highest BCUT2D eigenvalue weighted by Crippen LogP contribution is 2.16. The molecule has 1 aromatic carbocycles. The van der Waals surface area contributed by atoms with E-state index >= 15 is 0 Å². The maximum Gasteiger partial charge on any atom is 0.311 e. The Morgan fingerprint density at radius 2 is 1.87 bits per heavy atom. The Labute approximate surface area is 90.8 Å². The van der Waals surface area contributed by atoms with Gasteiger partial charge in [0.2, 0.25) is 0 Å². The molecule has 0 bridgehead atoms. The van der Waals surface area contributed by atoms with Crippen LogP contribution in [0.5, 0.6) is 5.75 Å². The van der Waals surface area contributed by atoms with Crippen molar-refractivity contribution >= 4 is 17.6 Å². The number of halogens is 3. The molecule has 0 unspecified atom stereocenters. The first-order chi connectivity index (χ1) is 7.11. The molecule has 1 rings (SSSR count). The Kier molecular flexibility index (Phi) is 4.49. The van der Waals surface area contributed by atoms with Crippen LogP contribution >= 0.6 is 11.6 Å². The predicted molar refractivity (Wildman–Crippen MR) is 51.9 cm³/mol. The Hall–Kier alpha value is -1.16. The summed E-state index contributed by atoms with van der Waals surface area (Å²) in [6, 6.07) is 2.60. The van der Waals surface area contributed by atoms with Gasteiger partial charge < -0.3 is 4.74 Å². The summed E-state index contributed by atoms with van der Waals surface area (Å²) in [5, 5.41) is 0. The predicted octanol–water partition coefficient (Wildman–Crippen LogP) is 2.89. The summed E-state index contributed by atoms with van der Waals surface area (Å²) in [6.07, 6.45) is 0.597. The lowest BCUT2D eigenvalue weighted by molar-refractivity contribution is -0.134. The second-order valence-corrected chi connectivity index (χ2v) is 3.25. The quantitative estimate of drug-likeness (QED) is 0.455. The van der Waals surface area contributed by atoms with Gasteiger partial charge in [-0.15, -0.1) is 11.6 Å². The number of rotatable bonds is 4. The Morgan fingerprint density at radius 1 is 1.27 bits per heavy atom. The van der Waals surface area contributed by atoms with E-state index in [0.717, 1.165) is 12.1 Å². The number of carbonyl (C=O) groups is 1. The Balaban J connectivity index is 2.60. The first-order valence-electron chi connectivity index (χ1n) is 4.34. The molecule has 5 heteroatoms. The topological polar surface area (TPSA) is 26.3 Å². The van der Waals surface area contributed by atoms with E-state index < -0.39 is 17.6 Å². The first-order valence-corrected chi connectivity index (χ1v) is 4.88. The molecule has 0 saturated carbocycles. The van der Waals surface area contributed by atoms with Crippen LogP contribution in [0.4, 0.5) is 8.78 Å². The van der Waals surface area contributed by atoms with E-state index in [1.54, 1.807) is 0 Å². The first kappa shape index (κ1) is 11.9. The van der Waals surface area contributed by atoms with Crippen LogP contribution < -0.4 is 4.74 Å². The Morgan fingerprint density at radius 3 is 2.40 bits per heavy atom. The lowest BCUT2D eigenvalue weighted by atomic mass is 10.3. The van der Waals surface area contributed by atoms with Crippen molar-refractivity contribution in [3.63, 3.8) is 0 Å². The summed E-state index contributed by atoms with van der Waals surface area (Å²) in [4.78, 5) is 11.1. The van der Waals surface area contributed by atoms with E-state index in [9.17, 15) is 13.6 Å². The van der Waals surface area contributed by atoms with Crippen molar-refractivity contribution in [3.8, 4) is 5.75 Å². The second-order valence-electron chi connectivity index (χ2n) is 2.87. The highest BCUT2D eigenvalue weighted by atomic mass is 35.5. The van der Waals surface area contributed by atoms with Crippen molar-refractivity contribution in [3.05, 3.63) is 29.8 Å². The van der Waals surface area contributed by atoms with Crippen molar-refractivity contribution in [1.82, 2.24) is 0 Å². The summed E-state index contributed by atoms with van der Waals surface area (Å²) in [6.45, 7) is 0. The summed E-state index contributed by atoms with van der Waals surface area (Å²) in [7, 11) is 0. The normalized spacial score (nSPS) is 10.1. The maximum absolute atomic E-state index is 12.7.